The predicted octanol–water partition coefficient (Wildman–Crippen LogP) is 5.18. The van der Waals surface area contributed by atoms with Gasteiger partial charge in [-0.15, -0.1) is 12.4 Å². The number of rotatable bonds is 6. The molecule has 1 aliphatic rings. The van der Waals surface area contributed by atoms with Crippen LogP contribution in [-0.4, -0.2) is 17.2 Å². The van der Waals surface area contributed by atoms with Crippen molar-refractivity contribution in [1.82, 2.24) is 9.88 Å². The highest BCUT2D eigenvalue weighted by Crippen LogP contribution is 2.25. The Bertz CT molecular complexity index is 603. The van der Waals surface area contributed by atoms with Crippen LogP contribution in [0.25, 0.3) is 5.57 Å². The van der Waals surface area contributed by atoms with Gasteiger partial charge in [0.2, 0.25) is 0 Å². The van der Waals surface area contributed by atoms with Crippen molar-refractivity contribution in [3.8, 4) is 0 Å². The van der Waals surface area contributed by atoms with E-state index in [0.29, 0.717) is 6.04 Å². The van der Waals surface area contributed by atoms with Crippen LogP contribution in [0.2, 0.25) is 5.02 Å². The maximum atomic E-state index is 5.97. The largest absolute Gasteiger partial charge is 0.354 e. The molecule has 1 aromatic carbocycles. The van der Waals surface area contributed by atoms with E-state index in [2.05, 4.69) is 52.6 Å². The molecule has 0 radical (unpaired) electrons. The second-order valence-electron chi connectivity index (χ2n) is 5.96. The molecular weight excluding hydrogens is 327 g/mol. The van der Waals surface area contributed by atoms with Gasteiger partial charge in [-0.3, -0.25) is 0 Å². The molecule has 3 rings (SSSR count). The number of aryl methyl sites for hydroxylation is 1. The fraction of sp³-hybridized carbons (Fsp3) is 0.368. The standard InChI is InChI=1S/C19H23ClN2.ClH/c20-18-8-6-16(7-9-18)17-10-11-21-19(15-17)5-1-2-12-22-13-3-4-14-22;/h3-4,6-10,13-14,19,21H,1-2,5,11-12,15H2;1H. The minimum Gasteiger partial charge on any atom is -0.354 e. The average molecular weight is 351 g/mol. The molecule has 124 valence electrons. The van der Waals surface area contributed by atoms with Crippen molar-refractivity contribution in [3.05, 3.63) is 65.5 Å². The van der Waals surface area contributed by atoms with Crippen LogP contribution in [0.15, 0.2) is 54.9 Å². The number of hydrogen-bond acceptors (Lipinski definition) is 1. The summed E-state index contributed by atoms with van der Waals surface area (Å²) in [5, 5.41) is 4.42. The summed E-state index contributed by atoms with van der Waals surface area (Å²) in [6.07, 6.45) is 11.5. The van der Waals surface area contributed by atoms with E-state index < -0.39 is 0 Å². The fourth-order valence-electron chi connectivity index (χ4n) is 3.08. The first-order valence-electron chi connectivity index (χ1n) is 8.10. The Morgan fingerprint density at radius 1 is 1.09 bits per heavy atom. The van der Waals surface area contributed by atoms with Gasteiger partial charge in [-0.25, -0.2) is 0 Å². The SMILES string of the molecule is Cl.Clc1ccc(C2=CCNC(CCCCn3cccc3)C2)cc1. The van der Waals surface area contributed by atoms with E-state index in [0.717, 1.165) is 24.5 Å². The van der Waals surface area contributed by atoms with Crippen LogP contribution in [0.5, 0.6) is 0 Å². The smallest absolute Gasteiger partial charge is 0.0406 e. The average Bonchev–Trinajstić information content (AvgIpc) is 3.06. The zero-order chi connectivity index (χ0) is 15.2. The monoisotopic (exact) mass is 350 g/mol. The lowest BCUT2D eigenvalue weighted by Crippen LogP contribution is -2.32. The van der Waals surface area contributed by atoms with E-state index in [9.17, 15) is 0 Å². The molecule has 0 spiro atoms. The Morgan fingerprint density at radius 3 is 2.57 bits per heavy atom. The van der Waals surface area contributed by atoms with Crippen LogP contribution >= 0.6 is 24.0 Å². The molecule has 2 heterocycles. The Hall–Kier alpha value is -1.22. The zero-order valence-corrected chi connectivity index (χ0v) is 14.8. The van der Waals surface area contributed by atoms with Gasteiger partial charge < -0.3 is 9.88 Å². The van der Waals surface area contributed by atoms with Crippen LogP contribution in [0.3, 0.4) is 0 Å². The normalized spacial score (nSPS) is 17.4. The highest BCUT2D eigenvalue weighted by Gasteiger charge is 2.15. The molecule has 0 bridgehead atoms. The van der Waals surface area contributed by atoms with Gasteiger partial charge in [-0.2, -0.15) is 0 Å². The number of benzene rings is 1. The van der Waals surface area contributed by atoms with Crippen molar-refractivity contribution in [3.63, 3.8) is 0 Å². The second-order valence-corrected chi connectivity index (χ2v) is 6.40. The Labute approximate surface area is 150 Å². The van der Waals surface area contributed by atoms with Crippen LogP contribution in [0.1, 0.15) is 31.2 Å². The maximum absolute atomic E-state index is 5.97. The van der Waals surface area contributed by atoms with E-state index in [1.807, 2.05) is 12.1 Å². The number of unbranched alkanes of at least 4 members (excludes halogenated alkanes) is 1. The molecule has 0 saturated carbocycles. The summed E-state index contributed by atoms with van der Waals surface area (Å²) in [6.45, 7) is 2.10. The van der Waals surface area contributed by atoms with Gasteiger partial charge >= 0.3 is 0 Å². The van der Waals surface area contributed by atoms with Crippen LogP contribution < -0.4 is 5.32 Å². The first-order chi connectivity index (χ1) is 10.8. The molecule has 0 fully saturated rings. The van der Waals surface area contributed by atoms with Gasteiger partial charge in [-0.1, -0.05) is 36.2 Å². The molecule has 2 nitrogen and oxygen atoms in total. The van der Waals surface area contributed by atoms with Gasteiger partial charge in [0.15, 0.2) is 0 Å². The quantitative estimate of drug-likeness (QED) is 0.710. The summed E-state index contributed by atoms with van der Waals surface area (Å²) in [5.74, 6) is 0. The summed E-state index contributed by atoms with van der Waals surface area (Å²) < 4.78 is 2.26. The molecule has 1 aromatic heterocycles. The van der Waals surface area contributed by atoms with E-state index in [-0.39, 0.29) is 12.4 Å². The predicted molar refractivity (Wildman–Crippen MR) is 101 cm³/mol. The lowest BCUT2D eigenvalue weighted by atomic mass is 9.93. The van der Waals surface area contributed by atoms with Gasteiger partial charge in [-0.05, 0) is 54.7 Å². The molecule has 23 heavy (non-hydrogen) atoms. The third-order valence-electron chi connectivity index (χ3n) is 4.32. The summed E-state index contributed by atoms with van der Waals surface area (Å²) >= 11 is 5.97. The van der Waals surface area contributed by atoms with Gasteiger partial charge in [0.05, 0.1) is 0 Å². The third-order valence-corrected chi connectivity index (χ3v) is 4.57. The molecule has 1 N–H and O–H groups in total. The van der Waals surface area contributed by atoms with Crippen molar-refractivity contribution >= 4 is 29.6 Å². The topological polar surface area (TPSA) is 17.0 Å². The molecule has 1 unspecified atom stereocenters. The first kappa shape index (κ1) is 18.1. The highest BCUT2D eigenvalue weighted by atomic mass is 35.5. The molecule has 4 heteroatoms. The lowest BCUT2D eigenvalue weighted by Gasteiger charge is -2.24. The molecule has 1 aliphatic heterocycles. The first-order valence-corrected chi connectivity index (χ1v) is 8.48. The van der Waals surface area contributed by atoms with Crippen molar-refractivity contribution in [2.75, 3.05) is 6.54 Å². The van der Waals surface area contributed by atoms with E-state index >= 15 is 0 Å². The lowest BCUT2D eigenvalue weighted by molar-refractivity contribution is 0.464. The number of nitrogens with one attached hydrogen (secondary N) is 1. The van der Waals surface area contributed by atoms with Crippen molar-refractivity contribution in [2.45, 2.75) is 38.3 Å². The number of nitrogens with zero attached hydrogens (tertiary/aromatic N) is 1. The van der Waals surface area contributed by atoms with E-state index in [1.165, 1.54) is 30.4 Å². The van der Waals surface area contributed by atoms with Gasteiger partial charge in [0.1, 0.15) is 0 Å². The molecular formula is C19H24Cl2N2. The summed E-state index contributed by atoms with van der Waals surface area (Å²) in [4.78, 5) is 0. The van der Waals surface area contributed by atoms with E-state index in [4.69, 9.17) is 11.6 Å². The molecule has 2 aromatic rings. The molecule has 0 saturated heterocycles. The van der Waals surface area contributed by atoms with Crippen LogP contribution in [-0.2, 0) is 6.54 Å². The third kappa shape index (κ3) is 5.42. The zero-order valence-electron chi connectivity index (χ0n) is 13.2. The summed E-state index contributed by atoms with van der Waals surface area (Å²) in [7, 11) is 0. The number of hydrogen-bond donors (Lipinski definition) is 1. The van der Waals surface area contributed by atoms with Crippen molar-refractivity contribution in [2.24, 2.45) is 0 Å². The molecule has 0 aliphatic carbocycles. The highest BCUT2D eigenvalue weighted by molar-refractivity contribution is 6.30. The summed E-state index contributed by atoms with van der Waals surface area (Å²) in [5.41, 5.74) is 2.76. The Morgan fingerprint density at radius 2 is 1.83 bits per heavy atom. The van der Waals surface area contributed by atoms with Crippen molar-refractivity contribution < 1.29 is 0 Å². The fourth-order valence-corrected chi connectivity index (χ4v) is 3.20. The number of halogens is 2. The summed E-state index contributed by atoms with van der Waals surface area (Å²) in [6, 6.07) is 13.0. The molecule has 1 atom stereocenters. The van der Waals surface area contributed by atoms with Crippen molar-refractivity contribution in [1.29, 1.82) is 0 Å². The van der Waals surface area contributed by atoms with Gasteiger partial charge in [0, 0.05) is 36.5 Å². The van der Waals surface area contributed by atoms with E-state index in [1.54, 1.807) is 0 Å². The minimum atomic E-state index is 0. The van der Waals surface area contributed by atoms with Crippen LogP contribution in [0, 0.1) is 0 Å². The van der Waals surface area contributed by atoms with Gasteiger partial charge in [0.25, 0.3) is 0 Å². The van der Waals surface area contributed by atoms with Crippen LogP contribution in [0.4, 0.5) is 0 Å². The molecule has 0 amide bonds. The second kappa shape index (κ2) is 9.17. The Kier molecular flexibility index (Phi) is 7.22. The Balaban J connectivity index is 0.00000192. The number of aromatic nitrogens is 1. The minimum absolute atomic E-state index is 0. The maximum Gasteiger partial charge on any atom is 0.0406 e.